The third kappa shape index (κ3) is 2.07. The van der Waals surface area contributed by atoms with Crippen LogP contribution in [0.25, 0.3) is 0 Å². The maximum absolute atomic E-state index is 11.2. The number of nitrogens with zero attached hydrogens (tertiary/aromatic N) is 1. The number of carbonyl (C=O) groups is 2. The van der Waals surface area contributed by atoms with E-state index in [4.69, 9.17) is 0 Å². The molecule has 0 fully saturated rings. The Balaban J connectivity index is 3.56. The number of nitro groups is 1. The van der Waals surface area contributed by atoms with Gasteiger partial charge in [-0.3, -0.25) is 19.7 Å². The van der Waals surface area contributed by atoms with Crippen LogP contribution in [0.1, 0.15) is 34.6 Å². The van der Waals surface area contributed by atoms with Crippen LogP contribution < -0.4 is 0 Å². The van der Waals surface area contributed by atoms with Crippen molar-refractivity contribution in [3.8, 4) is 0 Å². The first-order valence-electron chi connectivity index (χ1n) is 4.24. The molecule has 78 valence electrons. The molecule has 0 atom stereocenters. The lowest BCUT2D eigenvalue weighted by molar-refractivity contribution is -0.385. The van der Waals surface area contributed by atoms with Gasteiger partial charge in [-0.15, -0.1) is 0 Å². The van der Waals surface area contributed by atoms with Crippen LogP contribution >= 0.6 is 0 Å². The van der Waals surface area contributed by atoms with Crippen LogP contribution in [0.2, 0.25) is 0 Å². The van der Waals surface area contributed by atoms with Gasteiger partial charge in [0, 0.05) is 11.6 Å². The van der Waals surface area contributed by atoms with Crippen molar-refractivity contribution in [2.45, 2.75) is 13.8 Å². The number of ketones is 2. The monoisotopic (exact) mass is 207 g/mol. The first kappa shape index (κ1) is 11.0. The number of rotatable bonds is 3. The molecule has 0 unspecified atom stereocenters. The summed E-state index contributed by atoms with van der Waals surface area (Å²) in [6.45, 7) is 2.47. The molecule has 0 aliphatic heterocycles. The van der Waals surface area contributed by atoms with Gasteiger partial charge in [-0.25, -0.2) is 0 Å². The minimum atomic E-state index is -0.664. The van der Waals surface area contributed by atoms with E-state index in [1.165, 1.54) is 32.0 Å². The van der Waals surface area contributed by atoms with Crippen molar-refractivity contribution >= 4 is 17.3 Å². The van der Waals surface area contributed by atoms with E-state index in [1.54, 1.807) is 0 Å². The molecule has 0 spiro atoms. The fourth-order valence-electron chi connectivity index (χ4n) is 1.36. The molecule has 0 bridgehead atoms. The Labute approximate surface area is 85.9 Å². The molecular formula is C10H9NO4. The Kier molecular flexibility index (Phi) is 2.94. The van der Waals surface area contributed by atoms with Crippen LogP contribution in [0, 0.1) is 10.1 Å². The maximum Gasteiger partial charge on any atom is 0.280 e. The maximum atomic E-state index is 11.2. The molecule has 1 rings (SSSR count). The second-order valence-corrected chi connectivity index (χ2v) is 3.07. The molecule has 0 saturated heterocycles. The number of hydrogen-bond acceptors (Lipinski definition) is 4. The molecule has 0 saturated carbocycles. The van der Waals surface area contributed by atoms with Crippen LogP contribution in [0.15, 0.2) is 18.2 Å². The van der Waals surface area contributed by atoms with Crippen molar-refractivity contribution in [1.29, 1.82) is 0 Å². The molecule has 0 radical (unpaired) electrons. The van der Waals surface area contributed by atoms with E-state index in [9.17, 15) is 19.7 Å². The summed E-state index contributed by atoms with van der Waals surface area (Å²) in [5, 5.41) is 10.6. The Morgan fingerprint density at radius 3 is 2.20 bits per heavy atom. The van der Waals surface area contributed by atoms with E-state index in [1.807, 2.05) is 0 Å². The summed E-state index contributed by atoms with van der Waals surface area (Å²) in [4.78, 5) is 32.4. The second-order valence-electron chi connectivity index (χ2n) is 3.07. The van der Waals surface area contributed by atoms with Gasteiger partial charge in [-0.2, -0.15) is 0 Å². The standard InChI is InChI=1S/C10H9NO4/c1-6(12)8-4-3-5-9(11(14)15)10(8)7(2)13/h3-5H,1-2H3. The molecule has 5 heteroatoms. The van der Waals surface area contributed by atoms with Crippen LogP contribution in [-0.2, 0) is 0 Å². The quantitative estimate of drug-likeness (QED) is 0.431. The highest BCUT2D eigenvalue weighted by molar-refractivity contribution is 6.09. The van der Waals surface area contributed by atoms with Gasteiger partial charge in [0.2, 0.25) is 0 Å². The van der Waals surface area contributed by atoms with Crippen molar-refractivity contribution in [3.05, 3.63) is 39.4 Å². The highest BCUT2D eigenvalue weighted by Crippen LogP contribution is 2.23. The molecule has 1 aromatic carbocycles. The zero-order valence-corrected chi connectivity index (χ0v) is 8.31. The van der Waals surface area contributed by atoms with Crippen LogP contribution in [-0.4, -0.2) is 16.5 Å². The SMILES string of the molecule is CC(=O)c1cccc([N+](=O)[O-])c1C(C)=O. The van der Waals surface area contributed by atoms with E-state index in [0.29, 0.717) is 0 Å². The van der Waals surface area contributed by atoms with E-state index in [0.717, 1.165) is 0 Å². The van der Waals surface area contributed by atoms with Crippen LogP contribution in [0.4, 0.5) is 5.69 Å². The van der Waals surface area contributed by atoms with Gasteiger partial charge >= 0.3 is 0 Å². The molecule has 0 heterocycles. The molecule has 0 amide bonds. The van der Waals surface area contributed by atoms with Crippen LogP contribution in [0.5, 0.6) is 0 Å². The lowest BCUT2D eigenvalue weighted by atomic mass is 9.99. The Morgan fingerprint density at radius 2 is 1.80 bits per heavy atom. The summed E-state index contributed by atoms with van der Waals surface area (Å²) in [5.41, 5.74) is -0.345. The highest BCUT2D eigenvalue weighted by Gasteiger charge is 2.22. The molecule has 5 nitrogen and oxygen atoms in total. The van der Waals surface area contributed by atoms with Crippen LogP contribution in [0.3, 0.4) is 0 Å². The van der Waals surface area contributed by atoms with Crippen molar-refractivity contribution in [2.24, 2.45) is 0 Å². The van der Waals surface area contributed by atoms with Crippen molar-refractivity contribution < 1.29 is 14.5 Å². The summed E-state index contributed by atoms with van der Waals surface area (Å²) in [7, 11) is 0. The summed E-state index contributed by atoms with van der Waals surface area (Å²) in [6.07, 6.45) is 0. The normalized spacial score (nSPS) is 9.73. The summed E-state index contributed by atoms with van der Waals surface area (Å²) in [6, 6.07) is 4.01. The average molecular weight is 207 g/mol. The van der Waals surface area contributed by atoms with Crippen molar-refractivity contribution in [1.82, 2.24) is 0 Å². The minimum Gasteiger partial charge on any atom is -0.294 e. The predicted molar refractivity (Wildman–Crippen MR) is 53.1 cm³/mol. The van der Waals surface area contributed by atoms with Crippen molar-refractivity contribution in [2.75, 3.05) is 0 Å². The Morgan fingerprint density at radius 1 is 1.20 bits per heavy atom. The third-order valence-corrected chi connectivity index (χ3v) is 1.97. The largest absolute Gasteiger partial charge is 0.294 e. The number of carbonyl (C=O) groups excluding carboxylic acids is 2. The molecule has 1 aromatic rings. The zero-order valence-electron chi connectivity index (χ0n) is 8.31. The zero-order chi connectivity index (χ0) is 11.6. The summed E-state index contributed by atoms with van der Waals surface area (Å²) in [5.74, 6) is -0.837. The van der Waals surface area contributed by atoms with E-state index >= 15 is 0 Å². The number of hydrogen-bond donors (Lipinski definition) is 0. The topological polar surface area (TPSA) is 77.3 Å². The van der Waals surface area contributed by atoms with Gasteiger partial charge < -0.3 is 0 Å². The van der Waals surface area contributed by atoms with Gasteiger partial charge in [0.15, 0.2) is 11.6 Å². The van der Waals surface area contributed by atoms with Gasteiger partial charge in [-0.1, -0.05) is 12.1 Å². The molecule has 0 N–H and O–H groups in total. The number of Topliss-reactive ketones (excluding diaryl/α,β-unsaturated/α-hetero) is 2. The predicted octanol–water partition coefficient (Wildman–Crippen LogP) is 2.00. The first-order chi connectivity index (χ1) is 6.95. The smallest absolute Gasteiger partial charge is 0.280 e. The van der Waals surface area contributed by atoms with Crippen molar-refractivity contribution in [3.63, 3.8) is 0 Å². The molecule has 0 aromatic heterocycles. The average Bonchev–Trinajstić information content (AvgIpc) is 2.16. The molecule has 0 aliphatic rings. The number of nitro benzene ring substituents is 1. The summed E-state index contributed by atoms with van der Waals surface area (Å²) < 4.78 is 0. The molecule has 15 heavy (non-hydrogen) atoms. The third-order valence-electron chi connectivity index (χ3n) is 1.97. The van der Waals surface area contributed by atoms with Gasteiger partial charge in [0.25, 0.3) is 5.69 Å². The van der Waals surface area contributed by atoms with E-state index in [-0.39, 0.29) is 22.6 Å². The summed E-state index contributed by atoms with van der Waals surface area (Å²) >= 11 is 0. The van der Waals surface area contributed by atoms with E-state index in [2.05, 4.69) is 0 Å². The van der Waals surface area contributed by atoms with E-state index < -0.39 is 10.7 Å². The molecule has 0 aliphatic carbocycles. The lowest BCUT2D eigenvalue weighted by Gasteiger charge is -2.03. The lowest BCUT2D eigenvalue weighted by Crippen LogP contribution is -2.07. The Hall–Kier alpha value is -2.04. The first-order valence-corrected chi connectivity index (χ1v) is 4.24. The number of benzene rings is 1. The van der Waals surface area contributed by atoms with Gasteiger partial charge in [0.05, 0.1) is 4.92 Å². The molecular weight excluding hydrogens is 198 g/mol. The van der Waals surface area contributed by atoms with Gasteiger partial charge in [0.1, 0.15) is 5.56 Å². The highest BCUT2D eigenvalue weighted by atomic mass is 16.6. The fourth-order valence-corrected chi connectivity index (χ4v) is 1.36. The second kappa shape index (κ2) is 4.00. The Bertz CT molecular complexity index is 418. The fraction of sp³-hybridized carbons (Fsp3) is 0.200. The minimum absolute atomic E-state index is 0.0942. The van der Waals surface area contributed by atoms with Gasteiger partial charge in [-0.05, 0) is 13.8 Å².